The number of halogens is 4. The molecule has 0 spiro atoms. The van der Waals surface area contributed by atoms with Crippen molar-refractivity contribution in [3.63, 3.8) is 0 Å². The molecule has 216 valence electrons. The molecule has 12 heteroatoms. The van der Waals surface area contributed by atoms with Crippen LogP contribution in [0.15, 0.2) is 71.5 Å². The zero-order valence-electron chi connectivity index (χ0n) is 22.6. The van der Waals surface area contributed by atoms with E-state index in [0.717, 1.165) is 54.0 Å². The van der Waals surface area contributed by atoms with Crippen LogP contribution in [0.3, 0.4) is 0 Å². The highest BCUT2D eigenvalue weighted by Crippen LogP contribution is 2.28. The standard InChI is InChI=1S/C29H31BrF3N7O/c1-37(18-29(41,19-40-20-34-35-36-40)26-8-5-24(31)15-28(26)33)16-21-2-6-25(7-3-21)39-12-10-38(11-13-39)17-22-14-23(30)4-9-27(22)32/h2-9,14-15,20,41H,10-13,16-19H2,1H3. The highest BCUT2D eigenvalue weighted by atomic mass is 79.9. The number of likely N-dealkylation sites (N-methyl/N-ethyl adjacent to an activating group) is 1. The summed E-state index contributed by atoms with van der Waals surface area (Å²) in [5.41, 5.74) is 1.07. The van der Waals surface area contributed by atoms with Gasteiger partial charge in [0.05, 0.1) is 6.54 Å². The number of aromatic nitrogens is 4. The molecule has 3 aromatic carbocycles. The summed E-state index contributed by atoms with van der Waals surface area (Å²) in [5, 5.41) is 22.6. The van der Waals surface area contributed by atoms with Gasteiger partial charge in [0.2, 0.25) is 0 Å². The molecule has 8 nitrogen and oxygen atoms in total. The molecule has 1 aliphatic rings. The van der Waals surface area contributed by atoms with E-state index in [0.29, 0.717) is 18.7 Å². The first-order valence-electron chi connectivity index (χ1n) is 13.3. The van der Waals surface area contributed by atoms with E-state index in [1.807, 2.05) is 30.1 Å². The maximum absolute atomic E-state index is 14.7. The van der Waals surface area contributed by atoms with Crippen LogP contribution in [0.5, 0.6) is 0 Å². The van der Waals surface area contributed by atoms with Crippen LogP contribution in [0.4, 0.5) is 18.9 Å². The minimum absolute atomic E-state index is 0.0293. The van der Waals surface area contributed by atoms with Gasteiger partial charge in [-0.2, -0.15) is 0 Å². The largest absolute Gasteiger partial charge is 0.382 e. The van der Waals surface area contributed by atoms with Crippen molar-refractivity contribution in [2.24, 2.45) is 0 Å². The molecule has 1 aliphatic heterocycles. The second kappa shape index (κ2) is 12.7. The molecule has 1 N–H and O–H groups in total. The Bertz CT molecular complexity index is 1450. The number of rotatable bonds is 10. The average molecular weight is 631 g/mol. The molecule has 0 aliphatic carbocycles. The number of aliphatic hydroxyl groups is 1. The van der Waals surface area contributed by atoms with Gasteiger partial charge in [0.1, 0.15) is 29.4 Å². The number of tetrazole rings is 1. The van der Waals surface area contributed by atoms with Crippen LogP contribution in [0, 0.1) is 17.5 Å². The monoisotopic (exact) mass is 629 g/mol. The first-order valence-corrected chi connectivity index (χ1v) is 14.1. The van der Waals surface area contributed by atoms with Crippen LogP contribution in [-0.2, 0) is 25.2 Å². The van der Waals surface area contributed by atoms with Crippen molar-refractivity contribution in [2.75, 3.05) is 44.7 Å². The molecule has 0 radical (unpaired) electrons. The molecule has 4 aromatic rings. The topological polar surface area (TPSA) is 73.6 Å². The van der Waals surface area contributed by atoms with Gasteiger partial charge >= 0.3 is 0 Å². The Kier molecular flexibility index (Phi) is 9.03. The molecule has 1 unspecified atom stereocenters. The van der Waals surface area contributed by atoms with E-state index in [-0.39, 0.29) is 24.5 Å². The quantitative estimate of drug-likeness (QED) is 0.282. The first kappa shape index (κ1) is 29.2. The van der Waals surface area contributed by atoms with Crippen molar-refractivity contribution in [1.82, 2.24) is 30.0 Å². The highest BCUT2D eigenvalue weighted by Gasteiger charge is 2.35. The van der Waals surface area contributed by atoms with Crippen molar-refractivity contribution < 1.29 is 18.3 Å². The van der Waals surface area contributed by atoms with Crippen molar-refractivity contribution in [1.29, 1.82) is 0 Å². The highest BCUT2D eigenvalue weighted by molar-refractivity contribution is 9.10. The molecular weight excluding hydrogens is 599 g/mol. The van der Waals surface area contributed by atoms with Crippen LogP contribution in [0.1, 0.15) is 16.7 Å². The Balaban J connectivity index is 1.19. The summed E-state index contributed by atoms with van der Waals surface area (Å²) >= 11 is 3.42. The van der Waals surface area contributed by atoms with E-state index >= 15 is 0 Å². The Morgan fingerprint density at radius 3 is 2.39 bits per heavy atom. The van der Waals surface area contributed by atoms with Gasteiger partial charge in [0.15, 0.2) is 0 Å². The van der Waals surface area contributed by atoms with Crippen LogP contribution in [0.25, 0.3) is 0 Å². The third-order valence-electron chi connectivity index (χ3n) is 7.31. The van der Waals surface area contributed by atoms with Crippen molar-refractivity contribution in [2.45, 2.75) is 25.2 Å². The fraction of sp³-hybridized carbons (Fsp3) is 0.345. The Hall–Kier alpha value is -3.32. The van der Waals surface area contributed by atoms with Gasteiger partial charge in [-0.1, -0.05) is 34.1 Å². The molecule has 2 heterocycles. The summed E-state index contributed by atoms with van der Waals surface area (Å²) in [4.78, 5) is 6.44. The van der Waals surface area contributed by atoms with Crippen LogP contribution < -0.4 is 4.90 Å². The summed E-state index contributed by atoms with van der Waals surface area (Å²) in [5.74, 6) is -1.74. The molecule has 1 saturated heterocycles. The van der Waals surface area contributed by atoms with Gasteiger partial charge in [0, 0.05) is 73.2 Å². The van der Waals surface area contributed by atoms with Crippen molar-refractivity contribution in [3.05, 3.63) is 106 Å². The smallest absolute Gasteiger partial charge is 0.138 e. The third kappa shape index (κ3) is 7.31. The molecule has 41 heavy (non-hydrogen) atoms. The van der Waals surface area contributed by atoms with E-state index in [1.165, 1.54) is 23.1 Å². The second-order valence-corrected chi connectivity index (χ2v) is 11.4. The maximum Gasteiger partial charge on any atom is 0.138 e. The van der Waals surface area contributed by atoms with Crippen molar-refractivity contribution >= 4 is 21.6 Å². The fourth-order valence-electron chi connectivity index (χ4n) is 5.30. The Morgan fingerprint density at radius 1 is 0.951 bits per heavy atom. The van der Waals surface area contributed by atoms with Gasteiger partial charge in [-0.15, -0.1) is 5.10 Å². The summed E-state index contributed by atoms with van der Waals surface area (Å²) in [7, 11) is 1.83. The molecular formula is C29H31BrF3N7O. The number of piperazine rings is 1. The van der Waals surface area contributed by atoms with E-state index < -0.39 is 17.2 Å². The van der Waals surface area contributed by atoms with E-state index in [9.17, 15) is 18.3 Å². The zero-order valence-corrected chi connectivity index (χ0v) is 24.2. The van der Waals surface area contributed by atoms with Crippen LogP contribution >= 0.6 is 15.9 Å². The van der Waals surface area contributed by atoms with Crippen LogP contribution in [0.2, 0.25) is 0 Å². The zero-order chi connectivity index (χ0) is 29.0. The van der Waals surface area contributed by atoms with E-state index in [4.69, 9.17) is 0 Å². The van der Waals surface area contributed by atoms with Gasteiger partial charge in [-0.05, 0) is 59.4 Å². The lowest BCUT2D eigenvalue weighted by atomic mass is 9.92. The van der Waals surface area contributed by atoms with E-state index in [2.05, 4.69) is 53.4 Å². The maximum atomic E-state index is 14.7. The van der Waals surface area contributed by atoms with Crippen molar-refractivity contribution in [3.8, 4) is 0 Å². The molecule has 5 rings (SSSR count). The van der Waals surface area contributed by atoms with E-state index in [1.54, 1.807) is 6.07 Å². The summed E-state index contributed by atoms with van der Waals surface area (Å²) < 4.78 is 44.7. The first-order chi connectivity index (χ1) is 19.7. The number of hydrogen-bond acceptors (Lipinski definition) is 7. The van der Waals surface area contributed by atoms with Crippen LogP contribution in [-0.4, -0.2) is 74.9 Å². The fourth-order valence-corrected chi connectivity index (χ4v) is 5.71. The molecule has 1 fully saturated rings. The number of benzene rings is 3. The second-order valence-electron chi connectivity index (χ2n) is 10.5. The lowest BCUT2D eigenvalue weighted by Crippen LogP contribution is -2.46. The Morgan fingerprint density at radius 2 is 1.71 bits per heavy atom. The minimum Gasteiger partial charge on any atom is -0.382 e. The minimum atomic E-state index is -1.71. The number of nitrogens with zero attached hydrogens (tertiary/aromatic N) is 7. The van der Waals surface area contributed by atoms with Gasteiger partial charge in [0.25, 0.3) is 0 Å². The molecule has 1 atom stereocenters. The third-order valence-corrected chi connectivity index (χ3v) is 7.80. The average Bonchev–Trinajstić information content (AvgIpc) is 3.44. The van der Waals surface area contributed by atoms with Gasteiger partial charge < -0.3 is 10.0 Å². The lowest BCUT2D eigenvalue weighted by Gasteiger charge is -2.36. The van der Waals surface area contributed by atoms with Gasteiger partial charge in [-0.3, -0.25) is 9.80 Å². The SMILES string of the molecule is CN(Cc1ccc(N2CCN(Cc3cc(Br)ccc3F)CC2)cc1)CC(O)(Cn1cnnn1)c1ccc(F)cc1F. The lowest BCUT2D eigenvalue weighted by molar-refractivity contribution is -0.0178. The normalized spacial score (nSPS) is 15.8. The number of anilines is 1. The summed E-state index contributed by atoms with van der Waals surface area (Å²) in [6, 6.07) is 16.4. The Labute approximate surface area is 245 Å². The summed E-state index contributed by atoms with van der Waals surface area (Å²) in [6.07, 6.45) is 1.34. The predicted molar refractivity (Wildman–Crippen MR) is 152 cm³/mol. The summed E-state index contributed by atoms with van der Waals surface area (Å²) in [6.45, 7) is 4.35. The predicted octanol–water partition coefficient (Wildman–Crippen LogP) is 4.19. The molecule has 1 aromatic heterocycles. The molecule has 0 bridgehead atoms. The molecule has 0 saturated carbocycles. The molecule has 0 amide bonds. The van der Waals surface area contributed by atoms with Gasteiger partial charge in [-0.25, -0.2) is 17.9 Å². The number of hydrogen-bond donors (Lipinski definition) is 1.